The lowest BCUT2D eigenvalue weighted by atomic mass is 9.96. The standard InChI is InChI=1S/C15H17ClN6S/c16-11-6-7-14-17-12(9-21(14)8-11)10-23-15-18-19-20-22(15)13-4-2-1-3-5-13/h6-9,13H,1-5,10H2. The first-order valence-electron chi connectivity index (χ1n) is 7.83. The van der Waals surface area contributed by atoms with Crippen molar-refractivity contribution < 1.29 is 0 Å². The molecule has 0 radical (unpaired) electrons. The number of hydrogen-bond donors (Lipinski definition) is 0. The topological polar surface area (TPSA) is 60.9 Å². The van der Waals surface area contributed by atoms with Gasteiger partial charge in [-0.15, -0.1) is 5.10 Å². The second-order valence-electron chi connectivity index (χ2n) is 5.83. The van der Waals surface area contributed by atoms with Crippen LogP contribution in [0.2, 0.25) is 5.02 Å². The molecule has 4 rings (SSSR count). The molecule has 0 N–H and O–H groups in total. The van der Waals surface area contributed by atoms with Crippen molar-refractivity contribution >= 4 is 29.0 Å². The fraction of sp³-hybridized carbons (Fsp3) is 0.467. The maximum Gasteiger partial charge on any atom is 0.209 e. The predicted molar refractivity (Wildman–Crippen MR) is 89.7 cm³/mol. The van der Waals surface area contributed by atoms with E-state index in [0.29, 0.717) is 11.1 Å². The van der Waals surface area contributed by atoms with Crippen LogP contribution in [0.5, 0.6) is 0 Å². The Kier molecular flexibility index (Phi) is 4.22. The summed E-state index contributed by atoms with van der Waals surface area (Å²) in [5.74, 6) is 0.742. The molecule has 6 nitrogen and oxygen atoms in total. The highest BCUT2D eigenvalue weighted by Gasteiger charge is 2.20. The number of imidazole rings is 1. The highest BCUT2D eigenvalue weighted by molar-refractivity contribution is 7.98. The molecule has 120 valence electrons. The largest absolute Gasteiger partial charge is 0.305 e. The summed E-state index contributed by atoms with van der Waals surface area (Å²) in [4.78, 5) is 4.60. The fourth-order valence-corrected chi connectivity index (χ4v) is 4.06. The molecule has 1 aliphatic carbocycles. The van der Waals surface area contributed by atoms with Gasteiger partial charge in [-0.3, -0.25) is 0 Å². The molecule has 1 fully saturated rings. The zero-order chi connectivity index (χ0) is 15.6. The van der Waals surface area contributed by atoms with Crippen molar-refractivity contribution in [1.29, 1.82) is 0 Å². The first kappa shape index (κ1) is 15.0. The van der Waals surface area contributed by atoms with E-state index >= 15 is 0 Å². The van der Waals surface area contributed by atoms with E-state index in [4.69, 9.17) is 11.6 Å². The summed E-state index contributed by atoms with van der Waals surface area (Å²) in [6.07, 6.45) is 10.1. The van der Waals surface area contributed by atoms with Crippen molar-refractivity contribution in [3.8, 4) is 0 Å². The SMILES string of the molecule is Clc1ccc2nc(CSc3nnnn3C3CCCCC3)cn2c1. The lowest BCUT2D eigenvalue weighted by Crippen LogP contribution is -2.15. The monoisotopic (exact) mass is 348 g/mol. The molecule has 0 saturated heterocycles. The first-order chi connectivity index (χ1) is 11.3. The summed E-state index contributed by atoms with van der Waals surface area (Å²) in [6.45, 7) is 0. The molecule has 1 saturated carbocycles. The van der Waals surface area contributed by atoms with Crippen LogP contribution in [0.1, 0.15) is 43.8 Å². The lowest BCUT2D eigenvalue weighted by Gasteiger charge is -2.21. The van der Waals surface area contributed by atoms with Crippen LogP contribution in [-0.4, -0.2) is 29.6 Å². The van der Waals surface area contributed by atoms with E-state index in [2.05, 4.69) is 20.5 Å². The van der Waals surface area contributed by atoms with Crippen molar-refractivity contribution in [2.45, 2.75) is 49.1 Å². The molecule has 0 atom stereocenters. The van der Waals surface area contributed by atoms with Gasteiger partial charge in [0.1, 0.15) is 5.65 Å². The molecule has 3 heterocycles. The van der Waals surface area contributed by atoms with Crippen LogP contribution in [-0.2, 0) is 5.75 Å². The minimum Gasteiger partial charge on any atom is -0.305 e. The Balaban J connectivity index is 1.49. The number of pyridine rings is 1. The molecule has 23 heavy (non-hydrogen) atoms. The maximum atomic E-state index is 6.01. The maximum absolute atomic E-state index is 6.01. The molecule has 0 aliphatic heterocycles. The number of hydrogen-bond acceptors (Lipinski definition) is 5. The Hall–Kier alpha value is -1.60. The number of thioether (sulfide) groups is 1. The fourth-order valence-electron chi connectivity index (χ4n) is 3.06. The molecule has 0 aromatic carbocycles. The normalized spacial score (nSPS) is 16.2. The van der Waals surface area contributed by atoms with Gasteiger partial charge in [0, 0.05) is 18.1 Å². The quantitative estimate of drug-likeness (QED) is 0.671. The second kappa shape index (κ2) is 6.49. The molecule has 3 aromatic heterocycles. The Morgan fingerprint density at radius 3 is 2.91 bits per heavy atom. The third kappa shape index (κ3) is 3.21. The Labute approximate surface area is 143 Å². The number of tetrazole rings is 1. The van der Waals surface area contributed by atoms with Crippen molar-refractivity contribution in [1.82, 2.24) is 29.6 Å². The van der Waals surface area contributed by atoms with Gasteiger partial charge < -0.3 is 4.40 Å². The molecule has 8 heteroatoms. The van der Waals surface area contributed by atoms with E-state index in [9.17, 15) is 0 Å². The van der Waals surface area contributed by atoms with E-state index in [1.165, 1.54) is 32.1 Å². The molecule has 0 bridgehead atoms. The predicted octanol–water partition coefficient (Wildman–Crippen LogP) is 3.77. The average Bonchev–Trinajstić information content (AvgIpc) is 3.19. The summed E-state index contributed by atoms with van der Waals surface area (Å²) < 4.78 is 3.94. The average molecular weight is 349 g/mol. The van der Waals surface area contributed by atoms with Gasteiger partial charge in [0.05, 0.1) is 16.8 Å². The molecular weight excluding hydrogens is 332 g/mol. The van der Waals surface area contributed by atoms with Crippen LogP contribution in [0.25, 0.3) is 5.65 Å². The van der Waals surface area contributed by atoms with Gasteiger partial charge in [0.2, 0.25) is 5.16 Å². The van der Waals surface area contributed by atoms with Crippen molar-refractivity contribution in [3.05, 3.63) is 35.2 Å². The van der Waals surface area contributed by atoms with Crippen molar-refractivity contribution in [2.24, 2.45) is 0 Å². The number of nitrogens with zero attached hydrogens (tertiary/aromatic N) is 6. The van der Waals surface area contributed by atoms with Crippen LogP contribution in [0.15, 0.2) is 29.7 Å². The van der Waals surface area contributed by atoms with Crippen LogP contribution in [0, 0.1) is 0 Å². The minimum absolute atomic E-state index is 0.445. The molecule has 1 aliphatic rings. The zero-order valence-corrected chi connectivity index (χ0v) is 14.2. The number of rotatable bonds is 4. The van der Waals surface area contributed by atoms with E-state index in [0.717, 1.165) is 22.3 Å². The van der Waals surface area contributed by atoms with Crippen molar-refractivity contribution in [3.63, 3.8) is 0 Å². The van der Waals surface area contributed by atoms with Gasteiger partial charge in [-0.2, -0.15) is 0 Å². The minimum atomic E-state index is 0.445. The summed E-state index contributed by atoms with van der Waals surface area (Å²) in [5, 5.41) is 13.8. The molecule has 0 spiro atoms. The highest BCUT2D eigenvalue weighted by Crippen LogP contribution is 2.31. The van der Waals surface area contributed by atoms with Crippen LogP contribution in [0.3, 0.4) is 0 Å². The van der Waals surface area contributed by atoms with Gasteiger partial charge >= 0.3 is 0 Å². The summed E-state index contributed by atoms with van der Waals surface area (Å²) in [6, 6.07) is 4.22. The van der Waals surface area contributed by atoms with Gasteiger partial charge in [-0.05, 0) is 35.4 Å². The summed E-state index contributed by atoms with van der Waals surface area (Å²) >= 11 is 7.65. The van der Waals surface area contributed by atoms with Crippen molar-refractivity contribution in [2.75, 3.05) is 0 Å². The van der Waals surface area contributed by atoms with Gasteiger partial charge in [0.15, 0.2) is 0 Å². The zero-order valence-electron chi connectivity index (χ0n) is 12.6. The van der Waals surface area contributed by atoms with Crippen LogP contribution >= 0.6 is 23.4 Å². The van der Waals surface area contributed by atoms with E-state index < -0.39 is 0 Å². The Morgan fingerprint density at radius 2 is 2.04 bits per heavy atom. The van der Waals surface area contributed by atoms with E-state index in [1.54, 1.807) is 11.8 Å². The van der Waals surface area contributed by atoms with E-state index in [1.807, 2.05) is 33.6 Å². The Bertz CT molecular complexity index is 807. The van der Waals surface area contributed by atoms with E-state index in [-0.39, 0.29) is 0 Å². The van der Waals surface area contributed by atoms with Crippen LogP contribution < -0.4 is 0 Å². The highest BCUT2D eigenvalue weighted by atomic mass is 35.5. The number of fused-ring (bicyclic) bond motifs is 1. The summed E-state index contributed by atoms with van der Waals surface area (Å²) in [5.41, 5.74) is 1.90. The second-order valence-corrected chi connectivity index (χ2v) is 7.21. The Morgan fingerprint density at radius 1 is 1.17 bits per heavy atom. The lowest BCUT2D eigenvalue weighted by molar-refractivity contribution is 0.307. The third-order valence-electron chi connectivity index (χ3n) is 4.20. The third-order valence-corrected chi connectivity index (χ3v) is 5.39. The molecule has 3 aromatic rings. The van der Waals surface area contributed by atoms with Gasteiger partial charge in [0.25, 0.3) is 0 Å². The molecular formula is C15H17ClN6S. The molecule has 0 amide bonds. The molecule has 0 unspecified atom stereocenters. The van der Waals surface area contributed by atoms with Gasteiger partial charge in [-0.1, -0.05) is 42.6 Å². The smallest absolute Gasteiger partial charge is 0.209 e. The number of halogens is 1. The van der Waals surface area contributed by atoms with Crippen LogP contribution in [0.4, 0.5) is 0 Å². The van der Waals surface area contributed by atoms with Gasteiger partial charge in [-0.25, -0.2) is 9.67 Å². The first-order valence-corrected chi connectivity index (χ1v) is 9.20. The number of aromatic nitrogens is 6. The summed E-state index contributed by atoms with van der Waals surface area (Å²) in [7, 11) is 0.